The van der Waals surface area contributed by atoms with Crippen molar-refractivity contribution in [2.45, 2.75) is 103 Å². The molecule has 3 atom stereocenters. The van der Waals surface area contributed by atoms with Crippen LogP contribution in [-0.2, 0) is 13.6 Å². The van der Waals surface area contributed by atoms with Crippen LogP contribution in [0.15, 0.2) is 49.1 Å². The molecule has 1 N–H and O–H groups in total. The van der Waals surface area contributed by atoms with Crippen LogP contribution >= 0.6 is 0 Å². The average Bonchev–Trinajstić information content (AvgIpc) is 3.55. The van der Waals surface area contributed by atoms with E-state index >= 15 is 0 Å². The zero-order valence-corrected chi connectivity index (χ0v) is 30.0. The van der Waals surface area contributed by atoms with Gasteiger partial charge in [0.25, 0.3) is 5.69 Å². The van der Waals surface area contributed by atoms with Crippen LogP contribution in [0.2, 0.25) is 36.3 Å². The third-order valence-corrected chi connectivity index (χ3v) is 18.9. The molecule has 2 aromatic heterocycles. The Labute approximate surface area is 267 Å². The standard InChI is InChI=1S/C32H46N6O5Si2/c1-31(2,3)44(7,8)41-18-25-24(43-45(9,10)32(4,5)6)17-26(42-25)37-20-35-28-29(33-19-34-30(28)37)36-27-22-14-12-11-13-21(22)15-16-23(27)38(39)40/h11-16,19-20,24-26H,17-18H2,1-10H3,(H,33,34,36)/t24-,25+,26+/m0/s1. The number of hydrogen-bond acceptors (Lipinski definition) is 9. The van der Waals surface area contributed by atoms with Crippen molar-refractivity contribution in [3.8, 4) is 0 Å². The van der Waals surface area contributed by atoms with Crippen LogP contribution in [-0.4, -0.2) is 59.9 Å². The summed E-state index contributed by atoms with van der Waals surface area (Å²) < 4.78 is 22.2. The van der Waals surface area contributed by atoms with Crippen molar-refractivity contribution in [1.29, 1.82) is 0 Å². The quantitative estimate of drug-likeness (QED) is 0.108. The van der Waals surface area contributed by atoms with E-state index < -0.39 is 21.6 Å². The number of rotatable bonds is 9. The van der Waals surface area contributed by atoms with Gasteiger partial charge in [-0.25, -0.2) is 15.0 Å². The predicted octanol–water partition coefficient (Wildman–Crippen LogP) is 8.33. The molecule has 0 radical (unpaired) electrons. The van der Waals surface area contributed by atoms with E-state index in [4.69, 9.17) is 13.6 Å². The number of anilines is 2. The summed E-state index contributed by atoms with van der Waals surface area (Å²) in [6.45, 7) is 22.9. The van der Waals surface area contributed by atoms with Crippen molar-refractivity contribution in [1.82, 2.24) is 19.5 Å². The molecule has 0 spiro atoms. The Morgan fingerprint density at radius 2 is 1.69 bits per heavy atom. The van der Waals surface area contributed by atoms with Crippen molar-refractivity contribution >= 4 is 55.8 Å². The molecule has 5 rings (SSSR count). The van der Waals surface area contributed by atoms with Crippen molar-refractivity contribution in [3.05, 3.63) is 59.2 Å². The lowest BCUT2D eigenvalue weighted by molar-refractivity contribution is -0.383. The van der Waals surface area contributed by atoms with Crippen LogP contribution < -0.4 is 5.32 Å². The zero-order valence-electron chi connectivity index (χ0n) is 28.0. The molecule has 0 aliphatic carbocycles. The molecule has 1 aliphatic rings. The fourth-order valence-electron chi connectivity index (χ4n) is 5.02. The molecule has 1 aliphatic heterocycles. The van der Waals surface area contributed by atoms with E-state index in [2.05, 4.69) is 88.0 Å². The average molecular weight is 651 g/mol. The Kier molecular flexibility index (Phi) is 8.72. The SMILES string of the molecule is CC(C)(C)[Si](C)(C)OC[C@H]1O[C@@H](n2cnc3c(Nc4c([N+](=O)[O-])ccc5ccccc45)ncnc32)C[C@@H]1O[Si](C)(C)C(C)(C)C. The topological polar surface area (TPSA) is 126 Å². The lowest BCUT2D eigenvalue weighted by Gasteiger charge is -2.40. The Balaban J connectivity index is 1.48. The number of aromatic nitrogens is 4. The first kappa shape index (κ1) is 33.1. The van der Waals surface area contributed by atoms with E-state index in [1.807, 2.05) is 28.8 Å². The Bertz CT molecular complexity index is 1710. The molecular weight excluding hydrogens is 605 g/mol. The van der Waals surface area contributed by atoms with Crippen molar-refractivity contribution < 1.29 is 18.5 Å². The number of hydrogen-bond donors (Lipinski definition) is 1. The molecule has 0 unspecified atom stereocenters. The summed E-state index contributed by atoms with van der Waals surface area (Å²) in [5, 5.41) is 16.9. The highest BCUT2D eigenvalue weighted by Crippen LogP contribution is 2.43. The van der Waals surface area contributed by atoms with Gasteiger partial charge in [-0.1, -0.05) is 65.8 Å². The van der Waals surface area contributed by atoms with Crippen molar-refractivity contribution in [3.63, 3.8) is 0 Å². The molecule has 0 saturated carbocycles. The number of imidazole rings is 1. The zero-order chi connectivity index (χ0) is 32.9. The third kappa shape index (κ3) is 6.54. The largest absolute Gasteiger partial charge is 0.414 e. The molecule has 11 nitrogen and oxygen atoms in total. The van der Waals surface area contributed by atoms with Crippen LogP contribution in [0, 0.1) is 10.1 Å². The molecule has 0 bridgehead atoms. The minimum atomic E-state index is -2.12. The van der Waals surface area contributed by atoms with Crippen LogP contribution in [0.25, 0.3) is 21.9 Å². The van der Waals surface area contributed by atoms with Crippen LogP contribution in [0.5, 0.6) is 0 Å². The second kappa shape index (κ2) is 11.8. The second-order valence-corrected chi connectivity index (χ2v) is 24.5. The van der Waals surface area contributed by atoms with Gasteiger partial charge in [-0.15, -0.1) is 0 Å². The highest BCUT2D eigenvalue weighted by molar-refractivity contribution is 6.74. The van der Waals surface area contributed by atoms with Crippen molar-refractivity contribution in [2.24, 2.45) is 0 Å². The summed E-state index contributed by atoms with van der Waals surface area (Å²) in [6, 6.07) is 10.8. The molecule has 1 fully saturated rings. The smallest absolute Gasteiger partial charge is 0.293 e. The van der Waals surface area contributed by atoms with Gasteiger partial charge >= 0.3 is 0 Å². The molecule has 0 amide bonds. The van der Waals surface area contributed by atoms with E-state index in [-0.39, 0.29) is 34.2 Å². The number of ether oxygens (including phenoxy) is 1. The second-order valence-electron chi connectivity index (χ2n) is 15.0. The summed E-state index contributed by atoms with van der Waals surface area (Å²) in [5.41, 5.74) is 1.37. The fraction of sp³-hybridized carbons (Fsp3) is 0.531. The maximum absolute atomic E-state index is 12.0. The fourth-order valence-corrected chi connectivity index (χ4v) is 7.40. The highest BCUT2D eigenvalue weighted by Gasteiger charge is 2.47. The van der Waals surface area contributed by atoms with E-state index in [0.29, 0.717) is 41.1 Å². The van der Waals surface area contributed by atoms with Gasteiger partial charge in [0.05, 0.1) is 24.0 Å². The van der Waals surface area contributed by atoms with Crippen molar-refractivity contribution in [2.75, 3.05) is 11.9 Å². The normalized spacial score (nSPS) is 19.8. The molecule has 242 valence electrons. The summed E-state index contributed by atoms with van der Waals surface area (Å²) in [7, 11) is -4.15. The highest BCUT2D eigenvalue weighted by atomic mass is 28.4. The number of nitro benzene ring substituents is 1. The van der Waals surface area contributed by atoms with Gasteiger partial charge in [-0.05, 0) is 47.7 Å². The van der Waals surface area contributed by atoms with Gasteiger partial charge in [0.2, 0.25) is 0 Å². The van der Waals surface area contributed by atoms with E-state index in [1.165, 1.54) is 12.4 Å². The van der Waals surface area contributed by atoms with E-state index in [1.54, 1.807) is 12.4 Å². The first-order chi connectivity index (χ1) is 20.9. The number of nitro groups is 1. The van der Waals surface area contributed by atoms with E-state index in [0.717, 1.165) is 5.39 Å². The van der Waals surface area contributed by atoms with E-state index in [9.17, 15) is 10.1 Å². The van der Waals surface area contributed by atoms with Gasteiger partial charge in [-0.2, -0.15) is 0 Å². The Morgan fingerprint density at radius 3 is 2.36 bits per heavy atom. The minimum absolute atomic E-state index is 0.0373. The summed E-state index contributed by atoms with van der Waals surface area (Å²) in [6.07, 6.45) is 2.96. The Morgan fingerprint density at radius 1 is 1.00 bits per heavy atom. The van der Waals surface area contributed by atoms with Crippen LogP contribution in [0.1, 0.15) is 54.2 Å². The predicted molar refractivity (Wildman–Crippen MR) is 183 cm³/mol. The molecule has 3 heterocycles. The van der Waals surface area contributed by atoms with Gasteiger partial charge in [0.1, 0.15) is 24.3 Å². The summed E-state index contributed by atoms with van der Waals surface area (Å²) in [4.78, 5) is 25.2. The van der Waals surface area contributed by atoms with Gasteiger partial charge in [0.15, 0.2) is 33.6 Å². The molecule has 1 saturated heterocycles. The van der Waals surface area contributed by atoms with Crippen LogP contribution in [0.3, 0.4) is 0 Å². The molecule has 13 heteroatoms. The first-order valence-corrected chi connectivity index (χ1v) is 21.3. The summed E-state index contributed by atoms with van der Waals surface area (Å²) in [5.74, 6) is 0.378. The van der Waals surface area contributed by atoms with Gasteiger partial charge < -0.3 is 18.9 Å². The maximum atomic E-state index is 12.0. The lowest BCUT2D eigenvalue weighted by atomic mass is 10.1. The minimum Gasteiger partial charge on any atom is -0.414 e. The maximum Gasteiger partial charge on any atom is 0.293 e. The van der Waals surface area contributed by atoms with Gasteiger partial charge in [0, 0.05) is 17.9 Å². The third-order valence-electron chi connectivity index (χ3n) is 9.86. The monoisotopic (exact) mass is 650 g/mol. The number of fused-ring (bicyclic) bond motifs is 2. The molecule has 4 aromatic rings. The first-order valence-electron chi connectivity index (χ1n) is 15.5. The number of nitrogens with zero attached hydrogens (tertiary/aromatic N) is 5. The number of benzene rings is 2. The Hall–Kier alpha value is -3.24. The molecule has 45 heavy (non-hydrogen) atoms. The number of nitrogens with one attached hydrogen (secondary N) is 1. The summed E-state index contributed by atoms with van der Waals surface area (Å²) >= 11 is 0. The van der Waals surface area contributed by atoms with Gasteiger partial charge in [-0.3, -0.25) is 14.7 Å². The van der Waals surface area contributed by atoms with Crippen LogP contribution in [0.4, 0.5) is 17.2 Å². The molecular formula is C32H46N6O5Si2. The molecule has 2 aromatic carbocycles. The lowest BCUT2D eigenvalue weighted by Crippen LogP contribution is -2.48.